The minimum absolute atomic E-state index is 0.156. The third-order valence-corrected chi connectivity index (χ3v) is 4.46. The van der Waals surface area contributed by atoms with Gasteiger partial charge in [0, 0.05) is 10.6 Å². The molecule has 2 nitrogen and oxygen atoms in total. The summed E-state index contributed by atoms with van der Waals surface area (Å²) in [5.74, 6) is 0.701. The fourth-order valence-electron chi connectivity index (χ4n) is 2.56. The van der Waals surface area contributed by atoms with Crippen LogP contribution in [0.4, 0.5) is 13.2 Å². The smallest absolute Gasteiger partial charge is 0.429 e. The monoisotopic (exact) mass is 388 g/mol. The summed E-state index contributed by atoms with van der Waals surface area (Å²) in [4.78, 5) is 0. The van der Waals surface area contributed by atoms with E-state index in [0.29, 0.717) is 33.3 Å². The molecule has 25 heavy (non-hydrogen) atoms. The molecule has 7 heteroatoms. The molecule has 0 bridgehead atoms. The van der Waals surface area contributed by atoms with E-state index in [1.165, 1.54) is 19.3 Å². The molecule has 0 saturated heterocycles. The van der Waals surface area contributed by atoms with Gasteiger partial charge in [-0.05, 0) is 47.9 Å². The van der Waals surface area contributed by atoms with Crippen LogP contribution in [0.15, 0.2) is 36.4 Å². The molecular formula is C18H13Cl2F3O2. The van der Waals surface area contributed by atoms with E-state index in [9.17, 15) is 13.2 Å². The molecule has 0 saturated carbocycles. The van der Waals surface area contributed by atoms with Crippen LogP contribution in [-0.2, 0) is 6.42 Å². The van der Waals surface area contributed by atoms with Crippen molar-refractivity contribution < 1.29 is 22.6 Å². The van der Waals surface area contributed by atoms with Crippen LogP contribution in [0.25, 0.3) is 6.08 Å². The van der Waals surface area contributed by atoms with Crippen LogP contribution in [0.5, 0.6) is 11.5 Å². The Labute approximate surface area is 152 Å². The number of rotatable bonds is 3. The van der Waals surface area contributed by atoms with Crippen LogP contribution in [0.2, 0.25) is 10.0 Å². The molecule has 0 aliphatic carbocycles. The van der Waals surface area contributed by atoms with Crippen molar-refractivity contribution in [3.05, 3.63) is 63.1 Å². The zero-order valence-electron chi connectivity index (χ0n) is 13.0. The maximum Gasteiger partial charge on any atom is 0.429 e. The number of benzene rings is 2. The highest BCUT2D eigenvalue weighted by Gasteiger charge is 2.41. The molecule has 0 amide bonds. The van der Waals surface area contributed by atoms with E-state index in [1.54, 1.807) is 18.2 Å². The Kier molecular flexibility index (Phi) is 4.89. The molecule has 1 aliphatic rings. The van der Waals surface area contributed by atoms with Crippen LogP contribution in [0, 0.1) is 0 Å². The van der Waals surface area contributed by atoms with E-state index >= 15 is 0 Å². The van der Waals surface area contributed by atoms with Gasteiger partial charge in [0.25, 0.3) is 0 Å². The summed E-state index contributed by atoms with van der Waals surface area (Å²) >= 11 is 12.4. The standard InChI is InChI=1S/C18H13Cl2F3O2/c1-24-15-4-2-10(7-14(15)20)6-12-9-16-11(8-13(12)19)3-5-17(25-16)18(21,22)23/h2-5,7-9,17H,6H2,1H3. The Bertz CT molecular complexity index is 832. The highest BCUT2D eigenvalue weighted by molar-refractivity contribution is 6.32. The Morgan fingerprint density at radius 1 is 1.12 bits per heavy atom. The summed E-state index contributed by atoms with van der Waals surface area (Å²) in [5.41, 5.74) is 2.02. The first-order valence-electron chi connectivity index (χ1n) is 7.34. The highest BCUT2D eigenvalue weighted by Crippen LogP contribution is 2.37. The maximum absolute atomic E-state index is 12.8. The number of methoxy groups -OCH3 is 1. The van der Waals surface area contributed by atoms with E-state index in [0.717, 1.165) is 11.6 Å². The van der Waals surface area contributed by atoms with Crippen LogP contribution in [-0.4, -0.2) is 19.4 Å². The van der Waals surface area contributed by atoms with Crippen LogP contribution < -0.4 is 9.47 Å². The summed E-state index contributed by atoms with van der Waals surface area (Å²) in [6.07, 6.45) is -3.67. The second kappa shape index (κ2) is 6.81. The Hall–Kier alpha value is -1.85. The minimum Gasteiger partial charge on any atom is -0.495 e. The van der Waals surface area contributed by atoms with Crippen molar-refractivity contribution in [1.29, 1.82) is 0 Å². The molecule has 0 fully saturated rings. The Morgan fingerprint density at radius 3 is 2.52 bits per heavy atom. The lowest BCUT2D eigenvalue weighted by Gasteiger charge is -2.24. The van der Waals surface area contributed by atoms with Crippen molar-refractivity contribution in [1.82, 2.24) is 0 Å². The van der Waals surface area contributed by atoms with Gasteiger partial charge in [-0.15, -0.1) is 0 Å². The quantitative estimate of drug-likeness (QED) is 0.648. The summed E-state index contributed by atoms with van der Waals surface area (Å²) in [6.45, 7) is 0. The summed E-state index contributed by atoms with van der Waals surface area (Å²) in [7, 11) is 1.52. The second-order valence-corrected chi connectivity index (χ2v) is 6.38. The Morgan fingerprint density at radius 2 is 1.88 bits per heavy atom. The van der Waals surface area contributed by atoms with E-state index in [1.807, 2.05) is 6.07 Å². The first-order valence-corrected chi connectivity index (χ1v) is 8.10. The van der Waals surface area contributed by atoms with Crippen molar-refractivity contribution in [2.24, 2.45) is 0 Å². The van der Waals surface area contributed by atoms with Crippen molar-refractivity contribution in [3.8, 4) is 11.5 Å². The van der Waals surface area contributed by atoms with E-state index < -0.39 is 12.3 Å². The van der Waals surface area contributed by atoms with Crippen LogP contribution >= 0.6 is 23.2 Å². The molecule has 2 aromatic rings. The number of hydrogen-bond donors (Lipinski definition) is 0. The topological polar surface area (TPSA) is 18.5 Å². The lowest BCUT2D eigenvalue weighted by atomic mass is 10.0. The average Bonchev–Trinajstić information content (AvgIpc) is 2.54. The van der Waals surface area contributed by atoms with Crippen molar-refractivity contribution >= 4 is 29.3 Å². The van der Waals surface area contributed by atoms with Gasteiger partial charge < -0.3 is 9.47 Å². The molecular weight excluding hydrogens is 376 g/mol. The number of ether oxygens (including phenoxy) is 2. The number of alkyl halides is 3. The fraction of sp³-hybridized carbons (Fsp3) is 0.222. The Balaban J connectivity index is 1.89. The first-order chi connectivity index (χ1) is 11.8. The van der Waals surface area contributed by atoms with Gasteiger partial charge in [0.15, 0.2) is 0 Å². The third kappa shape index (κ3) is 3.88. The van der Waals surface area contributed by atoms with Crippen molar-refractivity contribution in [2.45, 2.75) is 18.7 Å². The summed E-state index contributed by atoms with van der Waals surface area (Å²) in [6, 6.07) is 8.41. The van der Waals surface area contributed by atoms with Gasteiger partial charge in [0.1, 0.15) is 11.5 Å². The van der Waals surface area contributed by atoms with Gasteiger partial charge in [0.05, 0.1) is 12.1 Å². The minimum atomic E-state index is -4.46. The second-order valence-electron chi connectivity index (χ2n) is 5.57. The van der Waals surface area contributed by atoms with Gasteiger partial charge in [0.2, 0.25) is 6.10 Å². The van der Waals surface area contributed by atoms with Crippen LogP contribution in [0.3, 0.4) is 0 Å². The predicted molar refractivity (Wildman–Crippen MR) is 91.8 cm³/mol. The molecule has 1 atom stereocenters. The van der Waals surface area contributed by atoms with E-state index in [-0.39, 0.29) is 5.75 Å². The lowest BCUT2D eigenvalue weighted by molar-refractivity contribution is -0.180. The zero-order valence-corrected chi connectivity index (χ0v) is 14.5. The number of hydrogen-bond acceptors (Lipinski definition) is 2. The molecule has 0 aromatic heterocycles. The highest BCUT2D eigenvalue weighted by atomic mass is 35.5. The molecule has 3 rings (SSSR count). The first kappa shape index (κ1) is 18.0. The largest absolute Gasteiger partial charge is 0.495 e. The molecule has 1 aliphatic heterocycles. The molecule has 1 unspecified atom stereocenters. The molecule has 132 valence electrons. The van der Waals surface area contributed by atoms with Crippen molar-refractivity contribution in [2.75, 3.05) is 7.11 Å². The third-order valence-electron chi connectivity index (χ3n) is 3.82. The van der Waals surface area contributed by atoms with E-state index in [2.05, 4.69) is 0 Å². The molecule has 0 spiro atoms. The average molecular weight is 389 g/mol. The lowest BCUT2D eigenvalue weighted by Crippen LogP contribution is -2.33. The summed E-state index contributed by atoms with van der Waals surface area (Å²) < 4.78 is 48.7. The normalized spacial score (nSPS) is 16.3. The zero-order chi connectivity index (χ0) is 18.2. The van der Waals surface area contributed by atoms with E-state index in [4.69, 9.17) is 32.7 Å². The number of halogens is 5. The van der Waals surface area contributed by atoms with Gasteiger partial charge in [-0.2, -0.15) is 13.2 Å². The molecule has 1 heterocycles. The molecule has 0 radical (unpaired) electrons. The fourth-order valence-corrected chi connectivity index (χ4v) is 3.08. The van der Waals surface area contributed by atoms with Gasteiger partial charge in [-0.1, -0.05) is 35.3 Å². The maximum atomic E-state index is 12.8. The predicted octanol–water partition coefficient (Wildman–Crippen LogP) is 5.93. The van der Waals surface area contributed by atoms with Gasteiger partial charge in [-0.25, -0.2) is 0 Å². The SMILES string of the molecule is COc1ccc(Cc2cc3c(cc2Cl)C=CC(C(F)(F)F)O3)cc1Cl. The van der Waals surface area contributed by atoms with Gasteiger partial charge >= 0.3 is 6.18 Å². The van der Waals surface area contributed by atoms with Crippen LogP contribution in [0.1, 0.15) is 16.7 Å². The molecule has 0 N–H and O–H groups in total. The summed E-state index contributed by atoms with van der Waals surface area (Å²) in [5, 5.41) is 0.898. The molecule has 2 aromatic carbocycles. The van der Waals surface area contributed by atoms with Gasteiger partial charge in [-0.3, -0.25) is 0 Å². The van der Waals surface area contributed by atoms with Crippen molar-refractivity contribution in [3.63, 3.8) is 0 Å². The number of fused-ring (bicyclic) bond motifs is 1.